The average molecular weight is 178 g/mol. The monoisotopic (exact) mass is 178 g/mol. The molecule has 2 N–H and O–H groups in total. The number of rotatable bonds is 1. The highest BCUT2D eigenvalue weighted by atomic mass is 19.1. The summed E-state index contributed by atoms with van der Waals surface area (Å²) in [6, 6.07) is 1.19. The molecular weight excluding hydrogens is 167 g/mol. The highest BCUT2D eigenvalue weighted by Gasteiger charge is 1.92. The summed E-state index contributed by atoms with van der Waals surface area (Å²) in [5.41, 5.74) is 6.13. The first-order valence-electron chi connectivity index (χ1n) is 4.10. The minimum absolute atomic E-state index is 0.150. The second-order valence-corrected chi connectivity index (χ2v) is 2.68. The molecule has 68 valence electrons. The van der Waals surface area contributed by atoms with Gasteiger partial charge in [-0.05, 0) is 12.5 Å². The molecule has 0 saturated carbocycles. The van der Waals surface area contributed by atoms with Crippen molar-refractivity contribution in [1.29, 1.82) is 0 Å². The lowest BCUT2D eigenvalue weighted by Crippen LogP contribution is -2.15. The van der Waals surface area contributed by atoms with Gasteiger partial charge >= 0.3 is 0 Å². The van der Waals surface area contributed by atoms with Crippen molar-refractivity contribution in [1.82, 2.24) is 4.98 Å². The van der Waals surface area contributed by atoms with E-state index in [0.29, 0.717) is 5.56 Å². The predicted octanol–water partition coefficient (Wildman–Crippen LogP) is 1.31. The Morgan fingerprint density at radius 2 is 2.38 bits per heavy atom. The topological polar surface area (TPSA) is 38.9 Å². The molecule has 0 amide bonds. The lowest BCUT2D eigenvalue weighted by molar-refractivity contribution is 0.621. The Bertz CT molecular complexity index is 338. The van der Waals surface area contributed by atoms with E-state index in [0.717, 1.165) is 12.6 Å². The molecule has 1 unspecified atom stereocenters. The van der Waals surface area contributed by atoms with Crippen LogP contribution in [0.2, 0.25) is 0 Å². The van der Waals surface area contributed by atoms with Crippen LogP contribution >= 0.6 is 0 Å². The van der Waals surface area contributed by atoms with Crippen molar-refractivity contribution in [3.05, 3.63) is 29.8 Å². The SMILES string of the molecule is CCC(N)C#Cc1cncc(F)c1. The minimum atomic E-state index is -0.378. The molecule has 2 nitrogen and oxygen atoms in total. The van der Waals surface area contributed by atoms with Crippen LogP contribution in [-0.2, 0) is 0 Å². The van der Waals surface area contributed by atoms with E-state index in [1.54, 1.807) is 0 Å². The van der Waals surface area contributed by atoms with E-state index in [2.05, 4.69) is 16.8 Å². The summed E-state index contributed by atoms with van der Waals surface area (Å²) in [7, 11) is 0. The van der Waals surface area contributed by atoms with Gasteiger partial charge in [-0.2, -0.15) is 0 Å². The third-order valence-electron chi connectivity index (χ3n) is 1.55. The summed E-state index contributed by atoms with van der Waals surface area (Å²) in [4.78, 5) is 3.67. The number of nitrogens with two attached hydrogens (primary N) is 1. The Balaban J connectivity index is 2.77. The molecule has 0 bridgehead atoms. The molecule has 13 heavy (non-hydrogen) atoms. The lowest BCUT2D eigenvalue weighted by atomic mass is 10.2. The Labute approximate surface area is 77.0 Å². The van der Waals surface area contributed by atoms with Gasteiger partial charge in [0.25, 0.3) is 0 Å². The van der Waals surface area contributed by atoms with E-state index in [1.165, 1.54) is 12.3 Å². The quantitative estimate of drug-likeness (QED) is 0.658. The number of nitrogens with zero attached hydrogens (tertiary/aromatic N) is 1. The second-order valence-electron chi connectivity index (χ2n) is 2.68. The van der Waals surface area contributed by atoms with Gasteiger partial charge in [-0.1, -0.05) is 18.8 Å². The van der Waals surface area contributed by atoms with Crippen molar-refractivity contribution in [3.63, 3.8) is 0 Å². The highest BCUT2D eigenvalue weighted by molar-refractivity contribution is 5.32. The Morgan fingerprint density at radius 3 is 3.00 bits per heavy atom. The van der Waals surface area contributed by atoms with Crippen molar-refractivity contribution in [2.75, 3.05) is 0 Å². The number of pyridine rings is 1. The molecule has 1 aromatic rings. The van der Waals surface area contributed by atoms with Crippen LogP contribution in [0.5, 0.6) is 0 Å². The van der Waals surface area contributed by atoms with Crippen molar-refractivity contribution in [3.8, 4) is 11.8 Å². The van der Waals surface area contributed by atoms with E-state index in [-0.39, 0.29) is 11.9 Å². The average Bonchev–Trinajstić information content (AvgIpc) is 2.14. The fourth-order valence-corrected chi connectivity index (χ4v) is 0.758. The van der Waals surface area contributed by atoms with Crippen molar-refractivity contribution < 1.29 is 4.39 Å². The number of hydrogen-bond donors (Lipinski definition) is 1. The smallest absolute Gasteiger partial charge is 0.142 e. The largest absolute Gasteiger partial charge is 0.318 e. The van der Waals surface area contributed by atoms with Gasteiger partial charge in [0.1, 0.15) is 5.82 Å². The van der Waals surface area contributed by atoms with Gasteiger partial charge in [0.2, 0.25) is 0 Å². The van der Waals surface area contributed by atoms with Gasteiger partial charge in [-0.25, -0.2) is 4.39 Å². The molecule has 1 rings (SSSR count). The molecule has 3 heteroatoms. The van der Waals surface area contributed by atoms with Crippen LogP contribution < -0.4 is 5.73 Å². The van der Waals surface area contributed by atoms with E-state index >= 15 is 0 Å². The van der Waals surface area contributed by atoms with Gasteiger partial charge in [0.05, 0.1) is 12.2 Å². The summed E-state index contributed by atoms with van der Waals surface area (Å²) >= 11 is 0. The maximum atomic E-state index is 12.6. The van der Waals surface area contributed by atoms with Crippen LogP contribution in [0.3, 0.4) is 0 Å². The van der Waals surface area contributed by atoms with E-state index in [4.69, 9.17) is 5.73 Å². The van der Waals surface area contributed by atoms with Crippen LogP contribution in [0.25, 0.3) is 0 Å². The van der Waals surface area contributed by atoms with Crippen molar-refractivity contribution >= 4 is 0 Å². The van der Waals surface area contributed by atoms with Crippen molar-refractivity contribution in [2.24, 2.45) is 5.73 Å². The molecule has 0 radical (unpaired) electrons. The maximum absolute atomic E-state index is 12.6. The van der Waals surface area contributed by atoms with Gasteiger partial charge in [0.15, 0.2) is 0 Å². The zero-order valence-corrected chi connectivity index (χ0v) is 7.42. The Kier molecular flexibility index (Phi) is 3.41. The summed E-state index contributed by atoms with van der Waals surface area (Å²) in [5, 5.41) is 0. The van der Waals surface area contributed by atoms with Crippen LogP contribution in [-0.4, -0.2) is 11.0 Å². The summed E-state index contributed by atoms with van der Waals surface area (Å²) in [6.07, 6.45) is 3.44. The standard InChI is InChI=1S/C10H11FN2/c1-2-10(12)4-3-8-5-9(11)7-13-6-8/h5-7,10H,2,12H2,1H3. The maximum Gasteiger partial charge on any atom is 0.142 e. The van der Waals surface area contributed by atoms with Crippen LogP contribution in [0.15, 0.2) is 18.5 Å². The molecule has 0 aliphatic heterocycles. The third kappa shape index (κ3) is 3.22. The van der Waals surface area contributed by atoms with Gasteiger partial charge in [-0.15, -0.1) is 0 Å². The van der Waals surface area contributed by atoms with Crippen LogP contribution in [0, 0.1) is 17.7 Å². The molecule has 0 fully saturated rings. The number of hydrogen-bond acceptors (Lipinski definition) is 2. The molecule has 1 atom stereocenters. The van der Waals surface area contributed by atoms with E-state index < -0.39 is 0 Å². The third-order valence-corrected chi connectivity index (χ3v) is 1.55. The van der Waals surface area contributed by atoms with Gasteiger partial charge in [-0.3, -0.25) is 4.98 Å². The highest BCUT2D eigenvalue weighted by Crippen LogP contribution is 1.98. The fraction of sp³-hybridized carbons (Fsp3) is 0.300. The zero-order chi connectivity index (χ0) is 9.68. The molecular formula is C10H11FN2. The summed E-state index contributed by atoms with van der Waals surface area (Å²) < 4.78 is 12.6. The molecule has 1 aromatic heterocycles. The minimum Gasteiger partial charge on any atom is -0.318 e. The first-order valence-corrected chi connectivity index (χ1v) is 4.10. The normalized spacial score (nSPS) is 11.6. The second kappa shape index (κ2) is 4.58. The molecule has 0 spiro atoms. The first kappa shape index (κ1) is 9.69. The lowest BCUT2D eigenvalue weighted by Gasteiger charge is -1.95. The first-order chi connectivity index (χ1) is 6.22. The van der Waals surface area contributed by atoms with E-state index in [1.807, 2.05) is 6.92 Å². The molecule has 0 aliphatic rings. The fourth-order valence-electron chi connectivity index (χ4n) is 0.758. The van der Waals surface area contributed by atoms with Crippen molar-refractivity contribution in [2.45, 2.75) is 19.4 Å². The van der Waals surface area contributed by atoms with E-state index in [9.17, 15) is 4.39 Å². The molecule has 0 aliphatic carbocycles. The Morgan fingerprint density at radius 1 is 1.62 bits per heavy atom. The number of halogens is 1. The van der Waals surface area contributed by atoms with Gasteiger partial charge in [0, 0.05) is 11.8 Å². The van der Waals surface area contributed by atoms with Crippen LogP contribution in [0.4, 0.5) is 4.39 Å². The Hall–Kier alpha value is -1.40. The summed E-state index contributed by atoms with van der Waals surface area (Å²) in [5.74, 6) is 5.18. The summed E-state index contributed by atoms with van der Waals surface area (Å²) in [6.45, 7) is 1.95. The molecule has 1 heterocycles. The number of aromatic nitrogens is 1. The predicted molar refractivity (Wildman–Crippen MR) is 49.3 cm³/mol. The molecule has 0 saturated heterocycles. The molecule has 0 aromatic carbocycles. The zero-order valence-electron chi connectivity index (χ0n) is 7.42. The van der Waals surface area contributed by atoms with Gasteiger partial charge < -0.3 is 5.73 Å². The van der Waals surface area contributed by atoms with Crippen LogP contribution in [0.1, 0.15) is 18.9 Å².